The van der Waals surface area contributed by atoms with E-state index in [1.165, 1.54) is 5.57 Å². The molecule has 4 heteroatoms. The molecule has 0 aromatic rings. The number of aliphatic hydroxyl groups excluding tert-OH is 3. The number of fused-ring (bicyclic) bond motifs is 1. The molecule has 3 N–H and O–H groups in total. The maximum atomic E-state index is 10.4. The van der Waals surface area contributed by atoms with E-state index >= 15 is 0 Å². The second kappa shape index (κ2) is 8.43. The molecule has 0 amide bonds. The SMILES string of the molecule is CC1=CC=C(C[C@@H](O)CO)C[C@@H](O)C(C)=CCC[C@]2(C)O[C@H]2CC1. The molecule has 0 unspecified atom stereocenters. The van der Waals surface area contributed by atoms with Gasteiger partial charge in [-0.25, -0.2) is 0 Å². The van der Waals surface area contributed by atoms with Crippen molar-refractivity contribution in [2.24, 2.45) is 0 Å². The van der Waals surface area contributed by atoms with Crippen molar-refractivity contribution in [3.8, 4) is 0 Å². The van der Waals surface area contributed by atoms with Crippen LogP contribution in [0.25, 0.3) is 0 Å². The smallest absolute Gasteiger partial charge is 0.0923 e. The number of epoxide rings is 1. The summed E-state index contributed by atoms with van der Waals surface area (Å²) in [6, 6.07) is 0. The van der Waals surface area contributed by atoms with Crippen LogP contribution in [-0.2, 0) is 4.74 Å². The minimum Gasteiger partial charge on any atom is -0.394 e. The molecule has 4 nitrogen and oxygen atoms in total. The Morgan fingerprint density at radius 1 is 1.33 bits per heavy atom. The van der Waals surface area contributed by atoms with Crippen LogP contribution < -0.4 is 0 Å². The molecule has 1 saturated heterocycles. The summed E-state index contributed by atoms with van der Waals surface area (Å²) in [7, 11) is 0. The minimum atomic E-state index is -0.777. The van der Waals surface area contributed by atoms with Gasteiger partial charge in [-0.1, -0.05) is 29.4 Å². The molecule has 1 aliphatic heterocycles. The van der Waals surface area contributed by atoms with Gasteiger partial charge in [0.2, 0.25) is 0 Å². The van der Waals surface area contributed by atoms with Crippen molar-refractivity contribution in [2.75, 3.05) is 6.61 Å². The highest BCUT2D eigenvalue weighted by molar-refractivity contribution is 5.21. The Hall–Kier alpha value is -0.940. The van der Waals surface area contributed by atoms with Crippen LogP contribution in [0.2, 0.25) is 0 Å². The Balaban J connectivity index is 2.16. The molecule has 1 fully saturated rings. The van der Waals surface area contributed by atoms with Gasteiger partial charge in [-0.05, 0) is 64.9 Å². The fourth-order valence-corrected chi connectivity index (χ4v) is 3.30. The molecule has 0 bridgehead atoms. The molecule has 0 aromatic carbocycles. The highest BCUT2D eigenvalue weighted by atomic mass is 16.6. The summed E-state index contributed by atoms with van der Waals surface area (Å²) >= 11 is 0. The molecule has 2 aliphatic rings. The maximum absolute atomic E-state index is 10.4. The lowest BCUT2D eigenvalue weighted by molar-refractivity contribution is 0.0931. The summed E-state index contributed by atoms with van der Waals surface area (Å²) in [5, 5.41) is 29.3. The van der Waals surface area contributed by atoms with E-state index in [2.05, 4.69) is 26.0 Å². The van der Waals surface area contributed by atoms with Crippen LogP contribution in [0, 0.1) is 0 Å². The largest absolute Gasteiger partial charge is 0.394 e. The molecule has 2 rings (SSSR count). The van der Waals surface area contributed by atoms with E-state index in [9.17, 15) is 10.2 Å². The average molecular weight is 336 g/mol. The number of aliphatic hydroxyl groups is 3. The third kappa shape index (κ3) is 5.55. The van der Waals surface area contributed by atoms with Crippen molar-refractivity contribution >= 4 is 0 Å². The van der Waals surface area contributed by atoms with Crippen LogP contribution in [0.1, 0.15) is 59.3 Å². The second-order valence-electron chi connectivity index (χ2n) is 7.54. The molecule has 1 heterocycles. The monoisotopic (exact) mass is 336 g/mol. The highest BCUT2D eigenvalue weighted by Gasteiger charge is 2.50. The number of rotatable bonds is 3. The summed E-state index contributed by atoms with van der Waals surface area (Å²) < 4.78 is 5.88. The van der Waals surface area contributed by atoms with Crippen molar-refractivity contribution in [2.45, 2.75) is 83.2 Å². The molecular formula is C20H32O4. The zero-order valence-electron chi connectivity index (χ0n) is 15.2. The van der Waals surface area contributed by atoms with Gasteiger partial charge in [0.05, 0.1) is 30.5 Å². The van der Waals surface area contributed by atoms with E-state index in [1.54, 1.807) is 0 Å². The van der Waals surface area contributed by atoms with Crippen LogP contribution in [0.5, 0.6) is 0 Å². The van der Waals surface area contributed by atoms with Gasteiger partial charge >= 0.3 is 0 Å². The molecular weight excluding hydrogens is 304 g/mol. The third-order valence-electron chi connectivity index (χ3n) is 5.24. The summed E-state index contributed by atoms with van der Waals surface area (Å²) in [5.41, 5.74) is 3.18. The van der Waals surface area contributed by atoms with Crippen molar-refractivity contribution in [1.29, 1.82) is 0 Å². The van der Waals surface area contributed by atoms with Gasteiger partial charge in [0.15, 0.2) is 0 Å². The Kier molecular flexibility index (Phi) is 6.81. The third-order valence-corrected chi connectivity index (χ3v) is 5.24. The molecule has 24 heavy (non-hydrogen) atoms. The Morgan fingerprint density at radius 2 is 2.08 bits per heavy atom. The van der Waals surface area contributed by atoms with E-state index in [1.807, 2.05) is 13.0 Å². The van der Waals surface area contributed by atoms with Crippen LogP contribution >= 0.6 is 0 Å². The summed E-state index contributed by atoms with van der Waals surface area (Å²) in [5.74, 6) is 0. The van der Waals surface area contributed by atoms with Gasteiger partial charge in [0.25, 0.3) is 0 Å². The van der Waals surface area contributed by atoms with Crippen molar-refractivity contribution in [1.82, 2.24) is 0 Å². The van der Waals surface area contributed by atoms with Gasteiger partial charge in [-0.3, -0.25) is 0 Å². The lowest BCUT2D eigenvalue weighted by Gasteiger charge is -2.17. The minimum absolute atomic E-state index is 0.00162. The first-order valence-corrected chi connectivity index (χ1v) is 9.00. The van der Waals surface area contributed by atoms with Gasteiger partial charge < -0.3 is 20.1 Å². The van der Waals surface area contributed by atoms with Crippen molar-refractivity contribution < 1.29 is 20.1 Å². The summed E-state index contributed by atoms with van der Waals surface area (Å²) in [4.78, 5) is 0. The molecule has 0 aromatic heterocycles. The highest BCUT2D eigenvalue weighted by Crippen LogP contribution is 2.43. The summed E-state index contributed by atoms with van der Waals surface area (Å²) in [6.07, 6.45) is 9.94. The first-order chi connectivity index (χ1) is 11.3. The van der Waals surface area contributed by atoms with E-state index in [0.717, 1.165) is 36.8 Å². The Labute approximate surface area is 145 Å². The predicted molar refractivity (Wildman–Crippen MR) is 95.7 cm³/mol. The molecule has 136 valence electrons. The standard InChI is InChI=1S/C20H32O4/c1-14-6-8-16(11-17(22)13-21)12-18(23)15(2)5-4-10-20(3)19(24-20)9-7-14/h5-6,8,17-19,21-23H,4,7,9-13H2,1-3H3/t17-,18-,19+,20+/m1/s1. The van der Waals surface area contributed by atoms with E-state index < -0.39 is 12.2 Å². The fourth-order valence-electron chi connectivity index (χ4n) is 3.30. The molecule has 0 spiro atoms. The first kappa shape index (κ1) is 19.4. The second-order valence-corrected chi connectivity index (χ2v) is 7.54. The topological polar surface area (TPSA) is 73.2 Å². The van der Waals surface area contributed by atoms with Crippen LogP contribution in [0.3, 0.4) is 0 Å². The molecule has 0 radical (unpaired) electrons. The van der Waals surface area contributed by atoms with Crippen molar-refractivity contribution in [3.63, 3.8) is 0 Å². The maximum Gasteiger partial charge on any atom is 0.0923 e. The van der Waals surface area contributed by atoms with Gasteiger partial charge in [0.1, 0.15) is 0 Å². The van der Waals surface area contributed by atoms with Crippen molar-refractivity contribution in [3.05, 3.63) is 34.9 Å². The Morgan fingerprint density at radius 3 is 2.79 bits per heavy atom. The average Bonchev–Trinajstić information content (AvgIpc) is 3.19. The number of allylic oxidation sites excluding steroid dienone is 4. The first-order valence-electron chi connectivity index (χ1n) is 9.00. The van der Waals surface area contributed by atoms with Crippen LogP contribution in [0.15, 0.2) is 34.9 Å². The lowest BCUT2D eigenvalue weighted by atomic mass is 9.93. The number of ether oxygens (including phenoxy) is 1. The van der Waals surface area contributed by atoms with Gasteiger partial charge in [-0.2, -0.15) is 0 Å². The number of hydrogen-bond acceptors (Lipinski definition) is 4. The van der Waals surface area contributed by atoms with Crippen LogP contribution in [0.4, 0.5) is 0 Å². The molecule has 0 saturated carbocycles. The summed E-state index contributed by atoms with van der Waals surface area (Å²) in [6.45, 7) is 5.97. The molecule has 1 aliphatic carbocycles. The van der Waals surface area contributed by atoms with E-state index in [-0.39, 0.29) is 12.2 Å². The predicted octanol–water partition coefficient (Wildman–Crippen LogP) is 3.03. The lowest BCUT2D eigenvalue weighted by Crippen LogP contribution is -2.16. The zero-order valence-corrected chi connectivity index (χ0v) is 15.2. The van der Waals surface area contributed by atoms with Crippen LogP contribution in [-0.4, -0.2) is 45.8 Å². The van der Waals surface area contributed by atoms with E-state index in [0.29, 0.717) is 18.9 Å². The van der Waals surface area contributed by atoms with E-state index in [4.69, 9.17) is 9.84 Å². The number of hydrogen-bond donors (Lipinski definition) is 3. The quantitative estimate of drug-likeness (QED) is 0.547. The fraction of sp³-hybridized carbons (Fsp3) is 0.700. The van der Waals surface area contributed by atoms with Gasteiger partial charge in [-0.15, -0.1) is 0 Å². The normalized spacial score (nSPS) is 33.5. The van der Waals surface area contributed by atoms with Gasteiger partial charge in [0, 0.05) is 0 Å². The zero-order chi connectivity index (χ0) is 17.7. The molecule has 4 atom stereocenters. The Bertz CT molecular complexity index is 520.